The molecule has 0 aliphatic heterocycles. The van der Waals surface area contributed by atoms with Crippen LogP contribution in [0.2, 0.25) is 0 Å². The average Bonchev–Trinajstić information content (AvgIpc) is 1.39. The van der Waals surface area contributed by atoms with Crippen molar-refractivity contribution < 1.29 is 0 Å². The van der Waals surface area contributed by atoms with Crippen molar-refractivity contribution in [2.75, 3.05) is 5.34 Å². The largest absolute Gasteiger partial charge is 0.373 e. The summed E-state index contributed by atoms with van der Waals surface area (Å²) in [5, 5.41) is 0.194. The standard InChI is InChI=1S/CH2Cl2.N3/c2-1-3;1-3-2/h1H2;/q;-1. The predicted molar refractivity (Wildman–Crippen MR) is 26.6 cm³/mol. The highest BCUT2D eigenvalue weighted by Crippen LogP contribution is 1.73. The van der Waals surface area contributed by atoms with E-state index in [2.05, 4.69) is 0 Å². The van der Waals surface area contributed by atoms with Gasteiger partial charge < -0.3 is 11.1 Å². The summed E-state index contributed by atoms with van der Waals surface area (Å²) < 4.78 is 0. The van der Waals surface area contributed by atoms with Gasteiger partial charge >= 0.3 is 0 Å². The van der Waals surface area contributed by atoms with Crippen LogP contribution in [0, 0.1) is 0 Å². The van der Waals surface area contributed by atoms with Gasteiger partial charge in [0.1, 0.15) is 0 Å². The quantitative estimate of drug-likeness (QED) is 0.207. The monoisotopic (exact) mass is 126 g/mol. The van der Waals surface area contributed by atoms with E-state index in [0.717, 1.165) is 0 Å². The maximum absolute atomic E-state index is 6.75. The first-order chi connectivity index (χ1) is 2.83. The summed E-state index contributed by atoms with van der Waals surface area (Å²) >= 11 is 9.53. The van der Waals surface area contributed by atoms with E-state index in [-0.39, 0.29) is 5.34 Å². The molecule has 0 amide bonds. The van der Waals surface area contributed by atoms with E-state index in [1.54, 1.807) is 0 Å². The second-order valence-electron chi connectivity index (χ2n) is 0.190. The molecule has 36 valence electrons. The Bertz CT molecular complexity index is 38.1. The van der Waals surface area contributed by atoms with E-state index in [9.17, 15) is 0 Å². The van der Waals surface area contributed by atoms with Crippen LogP contribution in [-0.2, 0) is 0 Å². The van der Waals surface area contributed by atoms with Gasteiger partial charge in [-0.3, -0.25) is 4.91 Å². The van der Waals surface area contributed by atoms with Crippen LogP contribution in [0.15, 0.2) is 0 Å². The fourth-order valence-electron chi connectivity index (χ4n) is 0. The highest BCUT2D eigenvalue weighted by molar-refractivity contribution is 6.40. The number of nitrogens with zero attached hydrogens (tertiary/aromatic N) is 3. The summed E-state index contributed by atoms with van der Waals surface area (Å²) in [7, 11) is 0. The van der Waals surface area contributed by atoms with Gasteiger partial charge in [0.15, 0.2) is 0 Å². The molecule has 0 aliphatic rings. The number of hydrogen-bond acceptors (Lipinski definition) is 0. The van der Waals surface area contributed by atoms with Crippen LogP contribution in [0.1, 0.15) is 0 Å². The Balaban J connectivity index is 0. The van der Waals surface area contributed by atoms with E-state index < -0.39 is 0 Å². The van der Waals surface area contributed by atoms with Crippen LogP contribution in [0.4, 0.5) is 0 Å². The van der Waals surface area contributed by atoms with Gasteiger partial charge in [-0.05, 0) is 0 Å². The van der Waals surface area contributed by atoms with Gasteiger partial charge in [0.25, 0.3) is 0 Å². The Hall–Kier alpha value is -0.110. The van der Waals surface area contributed by atoms with Gasteiger partial charge in [0.2, 0.25) is 0 Å². The Morgan fingerprint density at radius 1 is 1.33 bits per heavy atom. The number of halogens is 2. The van der Waals surface area contributed by atoms with Gasteiger partial charge in [-0.2, -0.15) is 0 Å². The minimum atomic E-state index is 0.194. The predicted octanol–water partition coefficient (Wildman–Crippen LogP) is 2.29. The molecule has 0 saturated carbocycles. The van der Waals surface area contributed by atoms with Crippen molar-refractivity contribution in [3.8, 4) is 0 Å². The van der Waals surface area contributed by atoms with Crippen LogP contribution in [0.5, 0.6) is 0 Å². The summed E-state index contributed by atoms with van der Waals surface area (Å²) in [6.45, 7) is 0. The molecule has 0 bridgehead atoms. The molecule has 0 unspecified atom stereocenters. The van der Waals surface area contributed by atoms with Crippen molar-refractivity contribution in [3.05, 3.63) is 16.0 Å². The molecule has 0 rings (SSSR count). The molecular formula is CH2Cl2N3-. The zero-order chi connectivity index (χ0) is 5.41. The summed E-state index contributed by atoms with van der Waals surface area (Å²) in [5.74, 6) is 0. The Labute approximate surface area is 45.3 Å². The molecule has 0 fully saturated rings. The van der Waals surface area contributed by atoms with E-state index in [0.29, 0.717) is 0 Å². The second kappa shape index (κ2) is 20.7. The van der Waals surface area contributed by atoms with Crippen molar-refractivity contribution >= 4 is 23.2 Å². The number of rotatable bonds is 0. The second-order valence-corrected chi connectivity index (χ2v) is 0.999. The lowest BCUT2D eigenvalue weighted by Crippen LogP contribution is -1.24. The van der Waals surface area contributed by atoms with Crippen molar-refractivity contribution in [3.63, 3.8) is 0 Å². The normalized spacial score (nSPS) is 4.33. The Morgan fingerprint density at radius 2 is 1.33 bits per heavy atom. The van der Waals surface area contributed by atoms with Crippen molar-refractivity contribution in [1.29, 1.82) is 0 Å². The Morgan fingerprint density at radius 3 is 1.33 bits per heavy atom. The third kappa shape index (κ3) is 2690. The summed E-state index contributed by atoms with van der Waals surface area (Å²) in [4.78, 5) is 1.50. The lowest BCUT2D eigenvalue weighted by atomic mass is 11.9. The first-order valence-corrected chi connectivity index (χ1v) is 2.00. The molecule has 0 aromatic carbocycles. The van der Waals surface area contributed by atoms with Gasteiger partial charge in [-0.25, -0.2) is 0 Å². The lowest BCUT2D eigenvalue weighted by Gasteiger charge is -1.42. The lowest BCUT2D eigenvalue weighted by molar-refractivity contribution is 2.20. The van der Waals surface area contributed by atoms with E-state index >= 15 is 0 Å². The van der Waals surface area contributed by atoms with Crippen LogP contribution in [0.25, 0.3) is 16.0 Å². The average molecular weight is 127 g/mol. The van der Waals surface area contributed by atoms with E-state index in [4.69, 9.17) is 34.3 Å². The van der Waals surface area contributed by atoms with Crippen LogP contribution in [0.3, 0.4) is 0 Å². The summed E-state index contributed by atoms with van der Waals surface area (Å²) in [5.41, 5.74) is 13.5. The molecule has 0 aromatic rings. The molecule has 0 aliphatic carbocycles. The smallest absolute Gasteiger partial charge is 0.0967 e. The maximum Gasteiger partial charge on any atom is 0.0967 e. The van der Waals surface area contributed by atoms with E-state index in [1.807, 2.05) is 0 Å². The summed E-state index contributed by atoms with van der Waals surface area (Å²) in [6.07, 6.45) is 0. The van der Waals surface area contributed by atoms with Gasteiger partial charge in [0, 0.05) is 0 Å². The van der Waals surface area contributed by atoms with Gasteiger partial charge in [0.05, 0.1) is 5.34 Å². The van der Waals surface area contributed by atoms with Gasteiger partial charge in [-0.15, -0.1) is 23.2 Å². The third-order valence-electron chi connectivity index (χ3n) is 0. The minimum absolute atomic E-state index is 0.194. The molecule has 0 saturated heterocycles. The zero-order valence-electron chi connectivity index (χ0n) is 2.80. The van der Waals surface area contributed by atoms with Crippen molar-refractivity contribution in [2.24, 2.45) is 0 Å². The molecule has 5 heteroatoms. The first-order valence-electron chi connectivity index (χ1n) is 0.935. The molecule has 0 atom stereocenters. The molecule has 3 nitrogen and oxygen atoms in total. The number of hydrogen-bond donors (Lipinski definition) is 0. The first kappa shape index (κ1) is 9.31. The fraction of sp³-hybridized carbons (Fsp3) is 1.00. The van der Waals surface area contributed by atoms with E-state index in [1.165, 1.54) is 4.91 Å². The molecular weight excluding hydrogens is 125 g/mol. The molecule has 0 N–H and O–H groups in total. The fourth-order valence-corrected chi connectivity index (χ4v) is 0. The molecule has 0 radical (unpaired) electrons. The van der Waals surface area contributed by atoms with Crippen LogP contribution >= 0.6 is 23.2 Å². The molecule has 0 aromatic heterocycles. The SMILES string of the molecule is ClCCl.[N-]=[N+]=[N-]. The minimum Gasteiger partial charge on any atom is -0.373 e. The number of alkyl halides is 2. The molecule has 6 heavy (non-hydrogen) atoms. The van der Waals surface area contributed by atoms with Gasteiger partial charge in [-0.1, -0.05) is 0 Å². The van der Waals surface area contributed by atoms with Crippen LogP contribution in [-0.4, -0.2) is 5.34 Å². The topological polar surface area (TPSA) is 58.7 Å². The van der Waals surface area contributed by atoms with Crippen molar-refractivity contribution in [2.45, 2.75) is 0 Å². The molecule has 0 spiro atoms. The zero-order valence-corrected chi connectivity index (χ0v) is 4.32. The third-order valence-corrected chi connectivity index (χ3v) is 0. The maximum atomic E-state index is 6.75. The Kier molecular flexibility index (Phi) is 32.1. The van der Waals surface area contributed by atoms with Crippen LogP contribution < -0.4 is 0 Å². The highest BCUT2D eigenvalue weighted by atomic mass is 35.5. The summed E-state index contributed by atoms with van der Waals surface area (Å²) in [6, 6.07) is 0. The van der Waals surface area contributed by atoms with Crippen molar-refractivity contribution in [1.82, 2.24) is 0 Å². The highest BCUT2D eigenvalue weighted by Gasteiger charge is 1.41. The molecule has 0 heterocycles.